The van der Waals surface area contributed by atoms with Gasteiger partial charge in [-0.25, -0.2) is 0 Å². The minimum atomic E-state index is -0.836. The molecule has 0 fully saturated rings. The number of amides is 5. The highest BCUT2D eigenvalue weighted by atomic mass is 16.4. The zero-order valence-corrected chi connectivity index (χ0v) is 30.2. The van der Waals surface area contributed by atoms with Crippen molar-refractivity contribution in [2.24, 2.45) is 5.73 Å². The molecule has 0 heterocycles. The van der Waals surface area contributed by atoms with Gasteiger partial charge in [0.25, 0.3) is 0 Å². The maximum absolute atomic E-state index is 12.0. The van der Waals surface area contributed by atoms with Gasteiger partial charge < -0.3 is 37.4 Å². The fraction of sp³-hybridized carbons (Fsp3) is 0.833. The predicted octanol–water partition coefficient (Wildman–Crippen LogP) is 3.97. The van der Waals surface area contributed by atoms with E-state index in [0.717, 1.165) is 83.6 Å². The first-order chi connectivity index (χ1) is 23.7. The molecule has 0 bridgehead atoms. The average molecular weight is 697 g/mol. The Hall–Kier alpha value is -3.22. The first kappa shape index (κ1) is 45.8. The molecule has 0 aliphatic heterocycles. The number of nitrogens with two attached hydrogens (primary N) is 1. The van der Waals surface area contributed by atoms with Gasteiger partial charge in [0.05, 0.1) is 0 Å². The highest BCUT2D eigenvalue weighted by Gasteiger charge is 2.06. The first-order valence-corrected chi connectivity index (χ1v) is 19.0. The molecule has 5 amide bonds. The van der Waals surface area contributed by atoms with Crippen LogP contribution in [0.1, 0.15) is 154 Å². The maximum Gasteiger partial charge on any atom is 0.303 e. The molecule has 0 aliphatic carbocycles. The van der Waals surface area contributed by atoms with Crippen molar-refractivity contribution in [1.82, 2.24) is 26.6 Å². The molecule has 0 rings (SSSR count). The van der Waals surface area contributed by atoms with Crippen LogP contribution in [0.3, 0.4) is 0 Å². The van der Waals surface area contributed by atoms with Gasteiger partial charge in [-0.15, -0.1) is 0 Å². The summed E-state index contributed by atoms with van der Waals surface area (Å²) in [6.45, 7) is 3.94. The van der Waals surface area contributed by atoms with Crippen molar-refractivity contribution in [3.63, 3.8) is 0 Å². The third kappa shape index (κ3) is 35.9. The van der Waals surface area contributed by atoms with Gasteiger partial charge in [0.1, 0.15) is 0 Å². The van der Waals surface area contributed by atoms with E-state index in [1.165, 1.54) is 0 Å². The monoisotopic (exact) mass is 697 g/mol. The summed E-state index contributed by atoms with van der Waals surface area (Å²) < 4.78 is 0. The van der Waals surface area contributed by atoms with Crippen LogP contribution in [0.25, 0.3) is 0 Å². The van der Waals surface area contributed by atoms with Crippen molar-refractivity contribution >= 4 is 35.5 Å². The van der Waals surface area contributed by atoms with Crippen LogP contribution in [0.4, 0.5) is 0 Å². The fourth-order valence-corrected chi connectivity index (χ4v) is 5.11. The molecule has 0 atom stereocenters. The van der Waals surface area contributed by atoms with Gasteiger partial charge in [-0.2, -0.15) is 0 Å². The fourth-order valence-electron chi connectivity index (χ4n) is 5.11. The minimum absolute atomic E-state index is 0.00660. The number of hydrogen-bond donors (Lipinski definition) is 7. The number of nitrogens with one attached hydrogen (secondary N) is 5. The Morgan fingerprint density at radius 3 is 0.776 bits per heavy atom. The molecule has 49 heavy (non-hydrogen) atoms. The lowest BCUT2D eigenvalue weighted by molar-refractivity contribution is -0.137. The Kier molecular flexibility index (Phi) is 32.4. The Morgan fingerprint density at radius 1 is 0.327 bits per heavy atom. The highest BCUT2D eigenvalue weighted by molar-refractivity contribution is 5.78. The summed E-state index contributed by atoms with van der Waals surface area (Å²) in [4.78, 5) is 70.0. The van der Waals surface area contributed by atoms with Crippen LogP contribution in [0, 0.1) is 0 Å². The highest BCUT2D eigenvalue weighted by Crippen LogP contribution is 2.05. The van der Waals surface area contributed by atoms with Gasteiger partial charge in [0.15, 0.2) is 0 Å². The summed E-state index contributed by atoms with van der Waals surface area (Å²) in [6.07, 6.45) is 17.7. The predicted molar refractivity (Wildman–Crippen MR) is 193 cm³/mol. The Labute approximate surface area is 294 Å². The van der Waals surface area contributed by atoms with Gasteiger partial charge in [-0.05, 0) is 83.6 Å². The standard InChI is InChI=1S/C36H68N6O7/c37-25-13-1-2-14-26-38-31(43)19-7-8-20-32(44)39-27-15-3-4-16-28-40-33(45)21-9-10-22-34(46)41-29-17-5-6-18-30-42-35(47)23-11-12-24-36(48)49/h1-30,37H2,(H,38,43)(H,39,44)(H,40,45)(H,41,46)(H,42,47)(H,48,49). The Bertz CT molecular complexity index is 903. The number of carbonyl (C=O) groups is 6. The van der Waals surface area contributed by atoms with Crippen LogP contribution < -0.4 is 32.3 Å². The van der Waals surface area contributed by atoms with Crippen LogP contribution in [0.2, 0.25) is 0 Å². The summed E-state index contributed by atoms with van der Waals surface area (Å²) in [5.74, 6) is -0.771. The lowest BCUT2D eigenvalue weighted by Gasteiger charge is -2.08. The van der Waals surface area contributed by atoms with Crippen molar-refractivity contribution in [2.45, 2.75) is 154 Å². The van der Waals surface area contributed by atoms with Crippen molar-refractivity contribution < 1.29 is 33.9 Å². The second kappa shape index (κ2) is 34.6. The molecule has 8 N–H and O–H groups in total. The first-order valence-electron chi connectivity index (χ1n) is 19.0. The number of aliphatic carboxylic acids is 1. The Balaban J connectivity index is 3.45. The number of rotatable bonds is 35. The molecule has 284 valence electrons. The van der Waals surface area contributed by atoms with Crippen molar-refractivity contribution in [3.05, 3.63) is 0 Å². The smallest absolute Gasteiger partial charge is 0.303 e. The summed E-state index contributed by atoms with van der Waals surface area (Å²) >= 11 is 0. The molecule has 0 aromatic heterocycles. The molecule has 0 aromatic rings. The molecule has 0 saturated heterocycles. The van der Waals surface area contributed by atoms with E-state index < -0.39 is 5.97 Å². The second-order valence-electron chi connectivity index (χ2n) is 12.8. The van der Waals surface area contributed by atoms with Crippen molar-refractivity contribution in [2.75, 3.05) is 39.3 Å². The minimum Gasteiger partial charge on any atom is -0.481 e. The van der Waals surface area contributed by atoms with Crippen LogP contribution in [0.5, 0.6) is 0 Å². The molecule has 0 saturated carbocycles. The molecular weight excluding hydrogens is 628 g/mol. The molecule has 0 radical (unpaired) electrons. The van der Waals surface area contributed by atoms with Gasteiger partial charge >= 0.3 is 5.97 Å². The lowest BCUT2D eigenvalue weighted by atomic mass is 10.1. The van der Waals surface area contributed by atoms with Gasteiger partial charge in [-0.1, -0.05) is 38.5 Å². The van der Waals surface area contributed by atoms with Gasteiger partial charge in [0.2, 0.25) is 29.5 Å². The van der Waals surface area contributed by atoms with E-state index in [1.807, 2.05) is 0 Å². The summed E-state index contributed by atoms with van der Waals surface area (Å²) in [5, 5.41) is 23.2. The quantitative estimate of drug-likeness (QED) is 0.0481. The van der Waals surface area contributed by atoms with Gasteiger partial charge in [0, 0.05) is 71.2 Å². The third-order valence-corrected chi connectivity index (χ3v) is 8.11. The number of carboxylic acid groups (broad SMARTS) is 1. The van der Waals surface area contributed by atoms with E-state index in [1.54, 1.807) is 0 Å². The maximum atomic E-state index is 12.0. The largest absolute Gasteiger partial charge is 0.481 e. The van der Waals surface area contributed by atoms with E-state index >= 15 is 0 Å². The molecule has 13 nitrogen and oxygen atoms in total. The third-order valence-electron chi connectivity index (χ3n) is 8.11. The zero-order valence-electron chi connectivity index (χ0n) is 30.2. The van der Waals surface area contributed by atoms with Gasteiger partial charge in [-0.3, -0.25) is 28.8 Å². The van der Waals surface area contributed by atoms with E-state index in [4.69, 9.17) is 10.8 Å². The van der Waals surface area contributed by atoms with Crippen LogP contribution in [-0.2, 0) is 28.8 Å². The average Bonchev–Trinajstić information content (AvgIpc) is 3.07. The normalized spacial score (nSPS) is 10.7. The summed E-state index contributed by atoms with van der Waals surface area (Å²) in [5.41, 5.74) is 5.47. The zero-order chi connectivity index (χ0) is 36.2. The van der Waals surface area contributed by atoms with Crippen molar-refractivity contribution in [1.29, 1.82) is 0 Å². The number of carbonyl (C=O) groups excluding carboxylic acids is 5. The second-order valence-corrected chi connectivity index (χ2v) is 12.8. The van der Waals surface area contributed by atoms with E-state index in [0.29, 0.717) is 103 Å². The summed E-state index contributed by atoms with van der Waals surface area (Å²) in [7, 11) is 0. The van der Waals surface area contributed by atoms with Crippen LogP contribution >= 0.6 is 0 Å². The number of unbranched alkanes of at least 4 members (excludes halogenated alkanes) is 12. The number of hydrogen-bond acceptors (Lipinski definition) is 7. The van der Waals surface area contributed by atoms with Crippen molar-refractivity contribution in [3.8, 4) is 0 Å². The van der Waals surface area contributed by atoms with Crippen LogP contribution in [0.15, 0.2) is 0 Å². The van der Waals surface area contributed by atoms with E-state index in [-0.39, 0.29) is 36.0 Å². The topological polar surface area (TPSA) is 209 Å². The molecule has 0 aromatic carbocycles. The SMILES string of the molecule is NCCCCCCNC(=O)CCCCC(=O)NCCCCCCNC(=O)CCCCC(=O)NCCCCCCNC(=O)CCCCC(=O)O. The molecule has 0 aliphatic rings. The van der Waals surface area contributed by atoms with E-state index in [2.05, 4.69) is 26.6 Å². The lowest BCUT2D eigenvalue weighted by Crippen LogP contribution is -2.26. The number of carboxylic acids is 1. The van der Waals surface area contributed by atoms with E-state index in [9.17, 15) is 28.8 Å². The summed E-state index contributed by atoms with van der Waals surface area (Å²) in [6, 6.07) is 0. The Morgan fingerprint density at radius 2 is 0.551 bits per heavy atom. The molecular formula is C36H68N6O7. The molecule has 13 heteroatoms. The molecule has 0 spiro atoms. The van der Waals surface area contributed by atoms with Crippen LogP contribution in [-0.4, -0.2) is 79.9 Å². The molecule has 0 unspecified atom stereocenters.